The Kier molecular flexibility index (Phi) is 4.06. The highest BCUT2D eigenvalue weighted by molar-refractivity contribution is 5.86. The molecule has 9 rings (SSSR count). The minimum atomic E-state index is -0.132. The van der Waals surface area contributed by atoms with Gasteiger partial charge in [0.2, 0.25) is 0 Å². The highest BCUT2D eigenvalue weighted by atomic mass is 16.1. The van der Waals surface area contributed by atoms with Gasteiger partial charge in [0.1, 0.15) is 5.78 Å². The van der Waals surface area contributed by atoms with Crippen molar-refractivity contribution in [3.63, 3.8) is 0 Å². The van der Waals surface area contributed by atoms with Crippen LogP contribution in [0.2, 0.25) is 0 Å². The zero-order valence-electron chi connectivity index (χ0n) is 23.6. The molecule has 33 heavy (non-hydrogen) atoms. The molecular formula is C32H52O. The van der Waals surface area contributed by atoms with Crippen LogP contribution in [0.5, 0.6) is 0 Å². The number of ketones is 1. The van der Waals surface area contributed by atoms with E-state index in [0.717, 1.165) is 30.1 Å². The molecular weight excluding hydrogens is 400 g/mol. The maximum atomic E-state index is 13.8. The Morgan fingerprint density at radius 1 is 0.667 bits per heavy atom. The van der Waals surface area contributed by atoms with E-state index in [1.807, 2.05) is 6.92 Å². The Labute approximate surface area is 204 Å². The van der Waals surface area contributed by atoms with E-state index in [4.69, 9.17) is 0 Å². The molecule has 0 aromatic carbocycles. The van der Waals surface area contributed by atoms with Gasteiger partial charge in [0, 0.05) is 5.41 Å². The molecule has 0 N–H and O–H groups in total. The summed E-state index contributed by atoms with van der Waals surface area (Å²) in [5.74, 6) is 3.91. The van der Waals surface area contributed by atoms with Crippen LogP contribution in [0.3, 0.4) is 0 Å². The van der Waals surface area contributed by atoms with Crippen LogP contribution in [0.15, 0.2) is 0 Å². The van der Waals surface area contributed by atoms with Crippen molar-refractivity contribution in [2.24, 2.45) is 67.0 Å². The smallest absolute Gasteiger partial charge is 0.137 e. The fraction of sp³-hybridized carbons (Fsp3) is 0.969. The monoisotopic (exact) mass is 452 g/mol. The van der Waals surface area contributed by atoms with E-state index in [1.54, 1.807) is 0 Å². The maximum absolute atomic E-state index is 13.8. The minimum absolute atomic E-state index is 0.104. The predicted octanol–water partition coefficient (Wildman–Crippen LogP) is 8.70. The van der Waals surface area contributed by atoms with E-state index < -0.39 is 0 Å². The van der Waals surface area contributed by atoms with Crippen LogP contribution in [-0.4, -0.2) is 5.78 Å². The van der Waals surface area contributed by atoms with E-state index in [9.17, 15) is 4.79 Å². The third-order valence-corrected chi connectivity index (χ3v) is 16.3. The lowest BCUT2D eigenvalue weighted by atomic mass is 9.15. The van der Waals surface area contributed by atoms with Crippen LogP contribution in [0.25, 0.3) is 0 Å². The standard InChI is InChI=1S/C32H52O/c1-20(33)31-18-22(26(31,4)5)13-16-30(31,10)32-19-23(27(32,6)7)12-15-29(32,9)28(8)14-11-21-17-24(28)25(21,2)3/h21-24H,11-19H2,1-10H3. The van der Waals surface area contributed by atoms with Crippen LogP contribution in [0, 0.1) is 67.0 Å². The molecule has 9 aliphatic rings. The van der Waals surface area contributed by atoms with E-state index in [0.29, 0.717) is 27.4 Å². The van der Waals surface area contributed by atoms with Crippen LogP contribution in [-0.2, 0) is 4.79 Å². The van der Waals surface area contributed by atoms with Gasteiger partial charge in [0.15, 0.2) is 0 Å². The number of carbonyl (C=O) groups excluding carboxylic acids is 1. The first-order valence-electron chi connectivity index (χ1n) is 14.5. The Morgan fingerprint density at radius 3 is 1.70 bits per heavy atom. The van der Waals surface area contributed by atoms with Crippen molar-refractivity contribution >= 4 is 5.78 Å². The van der Waals surface area contributed by atoms with Crippen molar-refractivity contribution < 1.29 is 4.79 Å². The van der Waals surface area contributed by atoms with Gasteiger partial charge < -0.3 is 0 Å². The molecule has 1 heteroatoms. The molecule has 9 fully saturated rings. The molecule has 9 saturated carbocycles. The Hall–Kier alpha value is -0.330. The molecule has 1 nitrogen and oxygen atoms in total. The van der Waals surface area contributed by atoms with E-state index in [-0.39, 0.29) is 21.7 Å². The fourth-order valence-electron chi connectivity index (χ4n) is 14.1. The van der Waals surface area contributed by atoms with Crippen molar-refractivity contribution in [2.45, 2.75) is 127 Å². The van der Waals surface area contributed by atoms with Gasteiger partial charge in [-0.25, -0.2) is 0 Å². The molecule has 186 valence electrons. The van der Waals surface area contributed by atoms with Gasteiger partial charge in [0.25, 0.3) is 0 Å². The van der Waals surface area contributed by atoms with E-state index >= 15 is 0 Å². The van der Waals surface area contributed by atoms with Crippen molar-refractivity contribution in [2.75, 3.05) is 0 Å². The molecule has 0 radical (unpaired) electrons. The predicted molar refractivity (Wildman–Crippen MR) is 137 cm³/mol. The molecule has 0 spiro atoms. The number of hydrogen-bond acceptors (Lipinski definition) is 1. The summed E-state index contributed by atoms with van der Waals surface area (Å²) < 4.78 is 0. The summed E-state index contributed by atoms with van der Waals surface area (Å²) in [4.78, 5) is 13.8. The molecule has 9 atom stereocenters. The van der Waals surface area contributed by atoms with Crippen molar-refractivity contribution in [1.29, 1.82) is 0 Å². The van der Waals surface area contributed by atoms with Crippen molar-refractivity contribution in [1.82, 2.24) is 0 Å². The summed E-state index contributed by atoms with van der Waals surface area (Å²) in [6, 6.07) is 0. The molecule has 9 aliphatic carbocycles. The van der Waals surface area contributed by atoms with E-state index in [1.165, 1.54) is 51.4 Å². The SMILES string of the molecule is CC(=O)C12CC(CCC1(C)C13CC(CCC1(C)C1(C)CCC4CC1C4(C)C)C3(C)C)C2(C)C. The van der Waals surface area contributed by atoms with Crippen LogP contribution >= 0.6 is 0 Å². The second-order valence-corrected chi connectivity index (χ2v) is 16.6. The summed E-state index contributed by atoms with van der Waals surface area (Å²) in [6.07, 6.45) is 12.3. The average Bonchev–Trinajstić information content (AvgIpc) is 2.72. The minimum Gasteiger partial charge on any atom is -0.299 e. The summed E-state index contributed by atoms with van der Waals surface area (Å²) in [5, 5.41) is 0. The molecule has 0 saturated heterocycles. The highest BCUT2D eigenvalue weighted by Gasteiger charge is 2.87. The first-order chi connectivity index (χ1) is 15.0. The fourth-order valence-corrected chi connectivity index (χ4v) is 14.1. The maximum Gasteiger partial charge on any atom is 0.137 e. The number of fused-ring (bicyclic) bond motifs is 7. The van der Waals surface area contributed by atoms with Gasteiger partial charge in [-0.2, -0.15) is 0 Å². The molecule has 0 aromatic rings. The Morgan fingerprint density at radius 2 is 1.21 bits per heavy atom. The van der Waals surface area contributed by atoms with Crippen LogP contribution in [0.1, 0.15) is 127 Å². The molecule has 6 bridgehead atoms. The lowest BCUT2D eigenvalue weighted by Gasteiger charge is -2.88. The summed E-state index contributed by atoms with van der Waals surface area (Å²) >= 11 is 0. The Bertz CT molecular complexity index is 923. The molecule has 9 unspecified atom stereocenters. The summed E-state index contributed by atoms with van der Waals surface area (Å²) in [6.45, 7) is 25.6. The number of Topliss-reactive ketones (excluding diaryl/α,β-unsaturated/α-hetero) is 1. The largest absolute Gasteiger partial charge is 0.299 e. The zero-order chi connectivity index (χ0) is 24.3. The first kappa shape index (κ1) is 23.1. The average molecular weight is 453 g/mol. The first-order valence-corrected chi connectivity index (χ1v) is 14.5. The van der Waals surface area contributed by atoms with Gasteiger partial charge in [0.05, 0.1) is 0 Å². The second kappa shape index (κ2) is 5.80. The van der Waals surface area contributed by atoms with Gasteiger partial charge >= 0.3 is 0 Å². The molecule has 0 aliphatic heterocycles. The molecule has 0 heterocycles. The zero-order valence-corrected chi connectivity index (χ0v) is 23.6. The highest BCUT2D eigenvalue weighted by Crippen LogP contribution is 2.92. The number of carbonyl (C=O) groups is 1. The quantitative estimate of drug-likeness (QED) is 0.418. The van der Waals surface area contributed by atoms with Crippen LogP contribution < -0.4 is 0 Å². The summed E-state index contributed by atoms with van der Waals surface area (Å²) in [7, 11) is 0. The number of hydrogen-bond donors (Lipinski definition) is 0. The van der Waals surface area contributed by atoms with Gasteiger partial charge in [-0.05, 0) is 126 Å². The number of rotatable bonds is 3. The third kappa shape index (κ3) is 1.88. The Balaban J connectivity index is 1.59. The normalized spacial score (nSPS) is 59.0. The van der Waals surface area contributed by atoms with Crippen molar-refractivity contribution in [3.05, 3.63) is 0 Å². The van der Waals surface area contributed by atoms with Crippen molar-refractivity contribution in [3.8, 4) is 0 Å². The second-order valence-electron chi connectivity index (χ2n) is 16.6. The topological polar surface area (TPSA) is 17.1 Å². The van der Waals surface area contributed by atoms with E-state index in [2.05, 4.69) is 62.3 Å². The molecule has 0 aromatic heterocycles. The third-order valence-electron chi connectivity index (χ3n) is 16.3. The van der Waals surface area contributed by atoms with Crippen LogP contribution in [0.4, 0.5) is 0 Å². The summed E-state index contributed by atoms with van der Waals surface area (Å²) in [5.41, 5.74) is 1.89. The van der Waals surface area contributed by atoms with Gasteiger partial charge in [-0.1, -0.05) is 62.3 Å². The lowest BCUT2D eigenvalue weighted by molar-refractivity contribution is -0.401. The lowest BCUT2D eigenvalue weighted by Crippen LogP contribution is -2.84. The van der Waals surface area contributed by atoms with Gasteiger partial charge in [-0.15, -0.1) is 0 Å². The van der Waals surface area contributed by atoms with Gasteiger partial charge in [-0.3, -0.25) is 4.79 Å². The molecule has 0 amide bonds.